The molecule has 1 saturated heterocycles. The van der Waals surface area contributed by atoms with Crippen LogP contribution < -0.4 is 5.32 Å². The number of likely N-dealkylation sites (tertiary alicyclic amines) is 1. The Morgan fingerprint density at radius 3 is 2.85 bits per heavy atom. The zero-order chi connectivity index (χ0) is 9.84. The topological polar surface area (TPSA) is 32.3 Å². The lowest BCUT2D eigenvalue weighted by atomic mass is 9.89. The molecule has 3 nitrogen and oxygen atoms in total. The summed E-state index contributed by atoms with van der Waals surface area (Å²) < 4.78 is 0. The van der Waals surface area contributed by atoms with Crippen molar-refractivity contribution in [3.63, 3.8) is 0 Å². The van der Waals surface area contributed by atoms with Gasteiger partial charge in [-0.3, -0.25) is 9.69 Å². The molecule has 3 heteroatoms. The van der Waals surface area contributed by atoms with Gasteiger partial charge in [0.15, 0.2) is 0 Å². The van der Waals surface area contributed by atoms with Crippen LogP contribution >= 0.6 is 0 Å². The molecule has 0 aromatic carbocycles. The van der Waals surface area contributed by atoms with Crippen molar-refractivity contribution in [2.24, 2.45) is 5.92 Å². The van der Waals surface area contributed by atoms with Gasteiger partial charge in [-0.25, -0.2) is 0 Å². The number of nitrogens with zero attached hydrogens (tertiary/aromatic N) is 1. The molecule has 0 aromatic rings. The van der Waals surface area contributed by atoms with Crippen molar-refractivity contribution in [3.05, 3.63) is 0 Å². The number of likely N-dealkylation sites (N-methyl/N-ethyl adjacent to an activating group) is 2. The molecule has 0 spiro atoms. The van der Waals surface area contributed by atoms with Crippen LogP contribution in [-0.4, -0.2) is 37.5 Å². The zero-order valence-electron chi connectivity index (χ0n) is 8.84. The lowest BCUT2D eigenvalue weighted by Crippen LogP contribution is -2.48. The maximum Gasteiger partial charge on any atom is 0.237 e. The van der Waals surface area contributed by atoms with Crippen LogP contribution in [0, 0.1) is 5.92 Å². The fourth-order valence-electron chi connectivity index (χ4n) is 2.00. The summed E-state index contributed by atoms with van der Waals surface area (Å²) in [5.41, 5.74) is 0. The van der Waals surface area contributed by atoms with E-state index in [0.29, 0.717) is 0 Å². The van der Waals surface area contributed by atoms with Crippen molar-refractivity contribution in [2.75, 3.05) is 20.6 Å². The molecule has 1 amide bonds. The van der Waals surface area contributed by atoms with Crippen LogP contribution in [0.15, 0.2) is 0 Å². The van der Waals surface area contributed by atoms with E-state index in [1.807, 2.05) is 7.05 Å². The van der Waals surface area contributed by atoms with Crippen LogP contribution in [0.4, 0.5) is 0 Å². The van der Waals surface area contributed by atoms with Gasteiger partial charge in [0.05, 0.1) is 6.04 Å². The molecule has 76 valence electrons. The SMILES string of the molecule is CCC1CCN(C)C(C(=O)NC)C1. The fourth-order valence-corrected chi connectivity index (χ4v) is 2.00. The summed E-state index contributed by atoms with van der Waals surface area (Å²) in [4.78, 5) is 13.6. The van der Waals surface area contributed by atoms with Crippen molar-refractivity contribution in [1.29, 1.82) is 0 Å². The van der Waals surface area contributed by atoms with E-state index in [1.54, 1.807) is 7.05 Å². The van der Waals surface area contributed by atoms with E-state index in [-0.39, 0.29) is 11.9 Å². The molecule has 2 unspecified atom stereocenters. The van der Waals surface area contributed by atoms with E-state index >= 15 is 0 Å². The van der Waals surface area contributed by atoms with E-state index < -0.39 is 0 Å². The number of carbonyl (C=O) groups is 1. The molecule has 13 heavy (non-hydrogen) atoms. The minimum atomic E-state index is 0.101. The Kier molecular flexibility index (Phi) is 3.72. The molecule has 1 rings (SSSR count). The molecule has 0 bridgehead atoms. The predicted octanol–water partition coefficient (Wildman–Crippen LogP) is 0.853. The highest BCUT2D eigenvalue weighted by atomic mass is 16.2. The number of rotatable bonds is 2. The third kappa shape index (κ3) is 2.44. The molecule has 0 aliphatic carbocycles. The van der Waals surface area contributed by atoms with E-state index in [2.05, 4.69) is 17.1 Å². The lowest BCUT2D eigenvalue weighted by Gasteiger charge is -2.35. The Bertz CT molecular complexity index is 182. The van der Waals surface area contributed by atoms with Crippen molar-refractivity contribution >= 4 is 5.91 Å². The van der Waals surface area contributed by atoms with Gasteiger partial charge in [-0.15, -0.1) is 0 Å². The van der Waals surface area contributed by atoms with Crippen LogP contribution in [0.1, 0.15) is 26.2 Å². The molecule has 0 saturated carbocycles. The number of hydrogen-bond donors (Lipinski definition) is 1. The molecular formula is C10H20N2O. The van der Waals surface area contributed by atoms with Crippen molar-refractivity contribution < 1.29 is 4.79 Å². The van der Waals surface area contributed by atoms with Gasteiger partial charge in [0.2, 0.25) is 5.91 Å². The van der Waals surface area contributed by atoms with Crippen LogP contribution in [0.2, 0.25) is 0 Å². The second kappa shape index (κ2) is 4.61. The first-order chi connectivity index (χ1) is 6.19. The molecule has 0 aromatic heterocycles. The third-order valence-corrected chi connectivity index (χ3v) is 3.11. The Morgan fingerprint density at radius 1 is 1.62 bits per heavy atom. The summed E-state index contributed by atoms with van der Waals surface area (Å²) in [5.74, 6) is 0.902. The summed E-state index contributed by atoms with van der Waals surface area (Å²) in [7, 11) is 3.75. The molecule has 2 atom stereocenters. The van der Waals surface area contributed by atoms with Crippen molar-refractivity contribution in [3.8, 4) is 0 Å². The highest BCUT2D eigenvalue weighted by Gasteiger charge is 2.29. The minimum absolute atomic E-state index is 0.101. The van der Waals surface area contributed by atoms with E-state index in [1.165, 1.54) is 12.8 Å². The Morgan fingerprint density at radius 2 is 2.31 bits per heavy atom. The first-order valence-corrected chi connectivity index (χ1v) is 5.10. The van der Waals surface area contributed by atoms with E-state index in [4.69, 9.17) is 0 Å². The summed E-state index contributed by atoms with van der Waals surface area (Å²) in [6, 6.07) is 0.101. The second-order valence-corrected chi connectivity index (χ2v) is 3.91. The van der Waals surface area contributed by atoms with Gasteiger partial charge >= 0.3 is 0 Å². The lowest BCUT2D eigenvalue weighted by molar-refractivity contribution is -0.127. The molecule has 1 N–H and O–H groups in total. The van der Waals surface area contributed by atoms with Crippen LogP contribution in [0.5, 0.6) is 0 Å². The smallest absolute Gasteiger partial charge is 0.237 e. The van der Waals surface area contributed by atoms with Crippen molar-refractivity contribution in [1.82, 2.24) is 10.2 Å². The Labute approximate surface area is 80.5 Å². The molecular weight excluding hydrogens is 164 g/mol. The van der Waals surface area contributed by atoms with Gasteiger partial charge in [-0.05, 0) is 32.4 Å². The van der Waals surface area contributed by atoms with Crippen LogP contribution in [0.25, 0.3) is 0 Å². The van der Waals surface area contributed by atoms with Crippen LogP contribution in [-0.2, 0) is 4.79 Å². The Hall–Kier alpha value is -0.570. The van der Waals surface area contributed by atoms with Gasteiger partial charge in [0, 0.05) is 7.05 Å². The van der Waals surface area contributed by atoms with Gasteiger partial charge in [0.1, 0.15) is 0 Å². The molecule has 1 aliphatic heterocycles. The monoisotopic (exact) mass is 184 g/mol. The number of amides is 1. The molecule has 1 fully saturated rings. The Balaban J connectivity index is 2.54. The fraction of sp³-hybridized carbons (Fsp3) is 0.900. The largest absolute Gasteiger partial charge is 0.358 e. The van der Waals surface area contributed by atoms with Gasteiger partial charge < -0.3 is 5.32 Å². The minimum Gasteiger partial charge on any atom is -0.358 e. The normalized spacial score (nSPS) is 30.1. The van der Waals surface area contributed by atoms with Gasteiger partial charge in [-0.2, -0.15) is 0 Å². The highest BCUT2D eigenvalue weighted by molar-refractivity contribution is 5.81. The number of nitrogens with one attached hydrogen (secondary N) is 1. The summed E-state index contributed by atoms with van der Waals surface area (Å²) in [6.45, 7) is 3.26. The number of piperidine rings is 1. The summed E-state index contributed by atoms with van der Waals surface area (Å²) >= 11 is 0. The van der Waals surface area contributed by atoms with Crippen molar-refractivity contribution in [2.45, 2.75) is 32.2 Å². The third-order valence-electron chi connectivity index (χ3n) is 3.11. The average molecular weight is 184 g/mol. The van der Waals surface area contributed by atoms with Gasteiger partial charge in [0.25, 0.3) is 0 Å². The van der Waals surface area contributed by atoms with E-state index in [9.17, 15) is 4.79 Å². The molecule has 1 aliphatic rings. The zero-order valence-corrected chi connectivity index (χ0v) is 8.84. The van der Waals surface area contributed by atoms with Gasteiger partial charge in [-0.1, -0.05) is 13.3 Å². The summed E-state index contributed by atoms with van der Waals surface area (Å²) in [5, 5.41) is 2.73. The average Bonchev–Trinajstić information content (AvgIpc) is 2.17. The standard InChI is InChI=1S/C10H20N2O/c1-4-8-5-6-12(3)9(7-8)10(13)11-2/h8-9H,4-7H2,1-3H3,(H,11,13). The first kappa shape index (κ1) is 10.5. The first-order valence-electron chi connectivity index (χ1n) is 5.10. The quantitative estimate of drug-likeness (QED) is 0.690. The maximum atomic E-state index is 11.5. The predicted molar refractivity (Wildman–Crippen MR) is 53.5 cm³/mol. The summed E-state index contributed by atoms with van der Waals surface area (Å²) in [6.07, 6.45) is 3.45. The maximum absolute atomic E-state index is 11.5. The highest BCUT2D eigenvalue weighted by Crippen LogP contribution is 2.23. The van der Waals surface area contributed by atoms with E-state index in [0.717, 1.165) is 18.9 Å². The van der Waals surface area contributed by atoms with Crippen LogP contribution in [0.3, 0.4) is 0 Å². The molecule has 1 heterocycles. The number of carbonyl (C=O) groups excluding carboxylic acids is 1. The molecule has 0 radical (unpaired) electrons. The second-order valence-electron chi connectivity index (χ2n) is 3.91. The number of hydrogen-bond acceptors (Lipinski definition) is 2.